The second-order valence-corrected chi connectivity index (χ2v) is 5.36. The van der Waals surface area contributed by atoms with Crippen molar-refractivity contribution in [3.63, 3.8) is 0 Å². The molecular formula is C15H15N5O3. The Hall–Kier alpha value is -2.74. The van der Waals surface area contributed by atoms with Gasteiger partial charge in [0.15, 0.2) is 6.10 Å². The maximum atomic E-state index is 11.5. The summed E-state index contributed by atoms with van der Waals surface area (Å²) in [5.74, 6) is 0.847. The number of ether oxygens (including phenoxy) is 1. The lowest BCUT2D eigenvalue weighted by Crippen LogP contribution is -2.41. The number of amides is 1. The van der Waals surface area contributed by atoms with E-state index in [0.29, 0.717) is 31.4 Å². The first-order valence-corrected chi connectivity index (χ1v) is 7.35. The second-order valence-electron chi connectivity index (χ2n) is 5.36. The van der Waals surface area contributed by atoms with E-state index >= 15 is 0 Å². The molecule has 1 unspecified atom stereocenters. The fraction of sp³-hybridized carbons (Fsp3) is 0.333. The Bertz CT molecular complexity index is 856. The van der Waals surface area contributed by atoms with E-state index in [2.05, 4.69) is 15.1 Å². The Morgan fingerprint density at radius 1 is 1.39 bits per heavy atom. The Balaban J connectivity index is 1.64. The molecule has 0 saturated carbocycles. The third-order valence-electron chi connectivity index (χ3n) is 3.89. The standard InChI is InChI=1S/C15H15N5O3/c1-10(21)20-7-8-22-12(9-20)15-17-13(18-23-15)11-3-2-5-19-6-4-16-14(11)19/h2-6,12H,7-9H2,1H3. The molecule has 0 bridgehead atoms. The molecule has 1 amide bonds. The van der Waals surface area contributed by atoms with Crippen LogP contribution in [0.5, 0.6) is 0 Å². The molecule has 0 aliphatic carbocycles. The van der Waals surface area contributed by atoms with Crippen molar-refractivity contribution >= 4 is 11.6 Å². The number of hydrogen-bond donors (Lipinski definition) is 0. The molecule has 4 heterocycles. The summed E-state index contributed by atoms with van der Waals surface area (Å²) >= 11 is 0. The number of morpholine rings is 1. The molecule has 23 heavy (non-hydrogen) atoms. The summed E-state index contributed by atoms with van der Waals surface area (Å²) in [5, 5.41) is 4.04. The number of fused-ring (bicyclic) bond motifs is 1. The van der Waals surface area contributed by atoms with Crippen molar-refractivity contribution in [2.75, 3.05) is 19.7 Å². The van der Waals surface area contributed by atoms with Crippen LogP contribution in [-0.4, -0.2) is 50.0 Å². The zero-order valence-corrected chi connectivity index (χ0v) is 12.5. The van der Waals surface area contributed by atoms with Crippen LogP contribution in [0.4, 0.5) is 0 Å². The number of hydrogen-bond acceptors (Lipinski definition) is 6. The molecule has 8 heteroatoms. The summed E-state index contributed by atoms with van der Waals surface area (Å²) in [5.41, 5.74) is 1.54. The lowest BCUT2D eigenvalue weighted by atomic mass is 10.2. The Morgan fingerprint density at radius 3 is 3.17 bits per heavy atom. The molecule has 4 rings (SSSR count). The molecule has 1 aliphatic heterocycles. The van der Waals surface area contributed by atoms with Gasteiger partial charge in [0.25, 0.3) is 5.89 Å². The summed E-state index contributed by atoms with van der Waals surface area (Å²) in [7, 11) is 0. The highest BCUT2D eigenvalue weighted by molar-refractivity contribution is 5.73. The molecule has 1 saturated heterocycles. The monoisotopic (exact) mass is 313 g/mol. The lowest BCUT2D eigenvalue weighted by Gasteiger charge is -2.30. The van der Waals surface area contributed by atoms with Gasteiger partial charge in [-0.05, 0) is 12.1 Å². The molecule has 118 valence electrons. The largest absolute Gasteiger partial charge is 0.365 e. The average Bonchev–Trinajstić information content (AvgIpc) is 3.24. The normalized spacial score (nSPS) is 18.5. The van der Waals surface area contributed by atoms with Crippen molar-refractivity contribution in [2.24, 2.45) is 0 Å². The summed E-state index contributed by atoms with van der Waals surface area (Å²) in [6, 6.07) is 3.79. The van der Waals surface area contributed by atoms with Gasteiger partial charge in [-0.3, -0.25) is 4.79 Å². The highest BCUT2D eigenvalue weighted by Gasteiger charge is 2.28. The molecular weight excluding hydrogens is 298 g/mol. The van der Waals surface area contributed by atoms with Crippen molar-refractivity contribution in [1.29, 1.82) is 0 Å². The van der Waals surface area contributed by atoms with Gasteiger partial charge < -0.3 is 18.6 Å². The number of imidazole rings is 1. The summed E-state index contributed by atoms with van der Waals surface area (Å²) in [6.45, 7) is 3.00. The smallest absolute Gasteiger partial charge is 0.257 e. The fourth-order valence-electron chi connectivity index (χ4n) is 2.68. The Morgan fingerprint density at radius 2 is 2.30 bits per heavy atom. The first kappa shape index (κ1) is 13.9. The molecule has 3 aromatic heterocycles. The first-order valence-electron chi connectivity index (χ1n) is 7.35. The van der Waals surface area contributed by atoms with E-state index in [0.717, 1.165) is 11.2 Å². The van der Waals surface area contributed by atoms with Gasteiger partial charge in [0.1, 0.15) is 5.65 Å². The van der Waals surface area contributed by atoms with Gasteiger partial charge >= 0.3 is 0 Å². The number of carbonyl (C=O) groups is 1. The summed E-state index contributed by atoms with van der Waals surface area (Å²) < 4.78 is 12.9. The van der Waals surface area contributed by atoms with E-state index in [1.807, 2.05) is 28.9 Å². The van der Waals surface area contributed by atoms with E-state index in [9.17, 15) is 4.79 Å². The first-order chi connectivity index (χ1) is 11.2. The van der Waals surface area contributed by atoms with Crippen LogP contribution in [0.3, 0.4) is 0 Å². The second kappa shape index (κ2) is 5.47. The predicted octanol–water partition coefficient (Wildman–Crippen LogP) is 1.30. The van der Waals surface area contributed by atoms with Crippen molar-refractivity contribution in [3.8, 4) is 11.4 Å². The minimum Gasteiger partial charge on any atom is -0.365 e. The number of rotatable bonds is 2. The summed E-state index contributed by atoms with van der Waals surface area (Å²) in [4.78, 5) is 22.0. The van der Waals surface area contributed by atoms with Crippen LogP contribution in [0.25, 0.3) is 17.0 Å². The molecule has 1 fully saturated rings. The molecule has 3 aromatic rings. The zero-order valence-electron chi connectivity index (χ0n) is 12.5. The molecule has 8 nitrogen and oxygen atoms in total. The highest BCUT2D eigenvalue weighted by Crippen LogP contribution is 2.25. The number of carbonyl (C=O) groups excluding carboxylic acids is 1. The van der Waals surface area contributed by atoms with E-state index < -0.39 is 6.10 Å². The SMILES string of the molecule is CC(=O)N1CCOC(c2nc(-c3cccn4ccnc34)no2)C1. The van der Waals surface area contributed by atoms with E-state index in [-0.39, 0.29) is 5.91 Å². The maximum absolute atomic E-state index is 11.5. The van der Waals surface area contributed by atoms with Gasteiger partial charge in [-0.15, -0.1) is 0 Å². The van der Waals surface area contributed by atoms with E-state index in [1.165, 1.54) is 0 Å². The van der Waals surface area contributed by atoms with Gasteiger partial charge in [-0.1, -0.05) is 5.16 Å². The zero-order chi connectivity index (χ0) is 15.8. The van der Waals surface area contributed by atoms with Crippen LogP contribution in [-0.2, 0) is 9.53 Å². The maximum Gasteiger partial charge on any atom is 0.257 e. The van der Waals surface area contributed by atoms with Crippen LogP contribution in [0.2, 0.25) is 0 Å². The van der Waals surface area contributed by atoms with Gasteiger partial charge in [-0.25, -0.2) is 4.98 Å². The van der Waals surface area contributed by atoms with Crippen LogP contribution < -0.4 is 0 Å². The van der Waals surface area contributed by atoms with Crippen LogP contribution in [0, 0.1) is 0 Å². The average molecular weight is 313 g/mol. The molecule has 0 aromatic carbocycles. The van der Waals surface area contributed by atoms with Crippen molar-refractivity contribution in [2.45, 2.75) is 13.0 Å². The number of pyridine rings is 1. The van der Waals surface area contributed by atoms with E-state index in [1.54, 1.807) is 18.0 Å². The Labute approximate surface area is 131 Å². The van der Waals surface area contributed by atoms with Crippen LogP contribution in [0.1, 0.15) is 18.9 Å². The molecule has 0 N–H and O–H groups in total. The van der Waals surface area contributed by atoms with Crippen molar-refractivity contribution in [1.82, 2.24) is 24.4 Å². The third-order valence-corrected chi connectivity index (χ3v) is 3.89. The van der Waals surface area contributed by atoms with Crippen LogP contribution in [0.15, 0.2) is 35.2 Å². The third kappa shape index (κ3) is 2.46. The Kier molecular flexibility index (Phi) is 3.30. The predicted molar refractivity (Wildman–Crippen MR) is 79.4 cm³/mol. The minimum atomic E-state index is -0.395. The molecule has 1 atom stereocenters. The minimum absolute atomic E-state index is 0.0141. The van der Waals surface area contributed by atoms with Crippen molar-refractivity contribution < 1.29 is 14.1 Å². The quantitative estimate of drug-likeness (QED) is 0.709. The van der Waals surface area contributed by atoms with Gasteiger partial charge in [0.2, 0.25) is 11.7 Å². The number of nitrogens with zero attached hydrogens (tertiary/aromatic N) is 5. The number of aromatic nitrogens is 4. The van der Waals surface area contributed by atoms with Gasteiger partial charge in [0, 0.05) is 32.1 Å². The molecule has 0 radical (unpaired) electrons. The topological polar surface area (TPSA) is 85.8 Å². The van der Waals surface area contributed by atoms with Crippen LogP contribution >= 0.6 is 0 Å². The molecule has 1 aliphatic rings. The van der Waals surface area contributed by atoms with Crippen molar-refractivity contribution in [3.05, 3.63) is 36.6 Å². The highest BCUT2D eigenvalue weighted by atomic mass is 16.5. The van der Waals surface area contributed by atoms with Gasteiger partial charge in [0.05, 0.1) is 18.7 Å². The van der Waals surface area contributed by atoms with E-state index in [4.69, 9.17) is 9.26 Å². The summed E-state index contributed by atoms with van der Waals surface area (Å²) in [6.07, 6.45) is 5.08. The lowest BCUT2D eigenvalue weighted by molar-refractivity contribution is -0.137. The fourth-order valence-corrected chi connectivity index (χ4v) is 2.68. The van der Waals surface area contributed by atoms with Gasteiger partial charge in [-0.2, -0.15) is 4.98 Å². The molecule has 0 spiro atoms.